The number of aryl methyl sites for hydroxylation is 1. The third-order valence-electron chi connectivity index (χ3n) is 5.92. The summed E-state index contributed by atoms with van der Waals surface area (Å²) in [5, 5.41) is 3.08. The molecule has 0 spiro atoms. The number of H-pyrrole nitrogens is 1. The Morgan fingerprint density at radius 1 is 1.06 bits per heavy atom. The van der Waals surface area contributed by atoms with Crippen LogP contribution in [-0.4, -0.2) is 22.4 Å². The number of pyridine rings is 1. The standard InChI is InChI=1S/C24H26FN3O.2C2H6/c1-16-11-19(9-10-27-16)18-7-5-17(6-8-18)13-28-24(29)23-15-26-14-22(23)20-3-2-4-21(25)12-20;2*1-2/h2-4,9-12,14-15,17-18,26H,5-8,13H2,1H3,(H,28,29);2*1-2H3. The number of nitrogens with zero attached hydrogens (tertiary/aromatic N) is 1. The van der Waals surface area contributed by atoms with Gasteiger partial charge in [-0.05, 0) is 79.8 Å². The van der Waals surface area contributed by atoms with E-state index in [1.54, 1.807) is 18.5 Å². The van der Waals surface area contributed by atoms with Gasteiger partial charge in [0.25, 0.3) is 5.91 Å². The summed E-state index contributed by atoms with van der Waals surface area (Å²) in [5.41, 5.74) is 4.42. The number of hydrogen-bond donors (Lipinski definition) is 2. The van der Waals surface area contributed by atoms with Crippen LogP contribution in [0, 0.1) is 18.7 Å². The van der Waals surface area contributed by atoms with Gasteiger partial charge in [-0.25, -0.2) is 4.39 Å². The van der Waals surface area contributed by atoms with Crippen LogP contribution in [0.2, 0.25) is 0 Å². The molecule has 33 heavy (non-hydrogen) atoms. The number of benzene rings is 1. The molecule has 1 amide bonds. The Morgan fingerprint density at radius 3 is 2.45 bits per heavy atom. The molecule has 0 radical (unpaired) electrons. The molecule has 0 saturated heterocycles. The number of rotatable bonds is 5. The van der Waals surface area contributed by atoms with Crippen LogP contribution in [0.15, 0.2) is 55.0 Å². The minimum absolute atomic E-state index is 0.114. The van der Waals surface area contributed by atoms with Crippen molar-refractivity contribution >= 4 is 5.91 Å². The molecule has 0 aliphatic heterocycles. The lowest BCUT2D eigenvalue weighted by atomic mass is 9.79. The van der Waals surface area contributed by atoms with Crippen molar-refractivity contribution in [1.82, 2.24) is 15.3 Å². The van der Waals surface area contributed by atoms with Gasteiger partial charge in [-0.2, -0.15) is 0 Å². The van der Waals surface area contributed by atoms with Crippen LogP contribution < -0.4 is 5.32 Å². The van der Waals surface area contributed by atoms with E-state index in [0.29, 0.717) is 29.5 Å². The number of halogens is 1. The van der Waals surface area contributed by atoms with Crippen molar-refractivity contribution < 1.29 is 9.18 Å². The van der Waals surface area contributed by atoms with Crippen molar-refractivity contribution in [3.8, 4) is 11.1 Å². The van der Waals surface area contributed by atoms with Gasteiger partial charge >= 0.3 is 0 Å². The molecule has 2 heterocycles. The van der Waals surface area contributed by atoms with Gasteiger partial charge in [-0.15, -0.1) is 0 Å². The minimum atomic E-state index is -0.309. The van der Waals surface area contributed by atoms with Crippen molar-refractivity contribution in [2.45, 2.75) is 66.2 Å². The SMILES string of the molecule is CC.CC.Cc1cc(C2CCC(CNC(=O)c3c[nH]cc3-c3cccc(F)c3)CC2)ccn1. The summed E-state index contributed by atoms with van der Waals surface area (Å²) in [6, 6.07) is 10.6. The predicted octanol–water partition coefficient (Wildman–Crippen LogP) is 7.28. The zero-order chi connectivity index (χ0) is 24.2. The van der Waals surface area contributed by atoms with Crippen molar-refractivity contribution in [3.05, 3.63) is 77.6 Å². The molecule has 1 fully saturated rings. The fourth-order valence-corrected chi connectivity index (χ4v) is 4.30. The van der Waals surface area contributed by atoms with Crippen LogP contribution in [0.5, 0.6) is 0 Å². The van der Waals surface area contributed by atoms with Gasteiger partial charge < -0.3 is 10.3 Å². The first-order chi connectivity index (χ1) is 16.1. The van der Waals surface area contributed by atoms with Crippen LogP contribution in [0.1, 0.15) is 80.9 Å². The normalized spacial score (nSPS) is 17.2. The zero-order valence-corrected chi connectivity index (χ0v) is 20.6. The molecule has 2 aromatic heterocycles. The summed E-state index contributed by atoms with van der Waals surface area (Å²) >= 11 is 0. The molecule has 4 rings (SSSR count). The number of aromatic amines is 1. The Kier molecular flexibility index (Phi) is 10.8. The van der Waals surface area contributed by atoms with Crippen molar-refractivity contribution in [2.24, 2.45) is 5.92 Å². The van der Waals surface area contributed by atoms with Gasteiger partial charge in [0.2, 0.25) is 0 Å². The highest BCUT2D eigenvalue weighted by atomic mass is 19.1. The van der Waals surface area contributed by atoms with Gasteiger partial charge in [0, 0.05) is 36.4 Å². The minimum Gasteiger partial charge on any atom is -0.366 e. The number of hydrogen-bond acceptors (Lipinski definition) is 2. The Hall–Kier alpha value is -2.95. The molecule has 1 aliphatic carbocycles. The first-order valence-electron chi connectivity index (χ1n) is 12.2. The average molecular weight is 452 g/mol. The van der Waals surface area contributed by atoms with Crippen molar-refractivity contribution in [3.63, 3.8) is 0 Å². The quantitative estimate of drug-likeness (QED) is 0.428. The van der Waals surface area contributed by atoms with Gasteiger partial charge in [0.15, 0.2) is 0 Å². The molecule has 2 N–H and O–H groups in total. The van der Waals surface area contributed by atoms with Gasteiger partial charge in [0.05, 0.1) is 5.56 Å². The van der Waals surface area contributed by atoms with Gasteiger partial charge in [-0.1, -0.05) is 39.8 Å². The molecule has 0 atom stereocenters. The fourth-order valence-electron chi connectivity index (χ4n) is 4.30. The Morgan fingerprint density at radius 2 is 1.79 bits per heavy atom. The first kappa shape index (κ1) is 26.3. The van der Waals surface area contributed by atoms with Crippen molar-refractivity contribution in [1.29, 1.82) is 0 Å². The van der Waals surface area contributed by atoms with E-state index >= 15 is 0 Å². The van der Waals surface area contributed by atoms with Crippen LogP contribution in [0.25, 0.3) is 11.1 Å². The van der Waals surface area contributed by atoms with Gasteiger partial charge in [-0.3, -0.25) is 9.78 Å². The summed E-state index contributed by atoms with van der Waals surface area (Å²) in [6.07, 6.45) is 9.81. The Bertz CT molecular complexity index is 990. The second-order valence-corrected chi connectivity index (χ2v) is 7.95. The van der Waals surface area contributed by atoms with Crippen molar-refractivity contribution in [2.75, 3.05) is 6.54 Å². The molecule has 1 aromatic carbocycles. The average Bonchev–Trinajstić information content (AvgIpc) is 3.36. The maximum atomic E-state index is 13.5. The molecule has 5 heteroatoms. The Labute approximate surface area is 198 Å². The third-order valence-corrected chi connectivity index (χ3v) is 5.92. The smallest absolute Gasteiger partial charge is 0.253 e. The molecular weight excluding hydrogens is 413 g/mol. The molecule has 178 valence electrons. The van der Waals surface area contributed by atoms with E-state index in [9.17, 15) is 9.18 Å². The highest BCUT2D eigenvalue weighted by Gasteiger charge is 2.23. The van der Waals surface area contributed by atoms with E-state index < -0.39 is 0 Å². The van der Waals surface area contributed by atoms with E-state index in [4.69, 9.17) is 0 Å². The summed E-state index contributed by atoms with van der Waals surface area (Å²) in [4.78, 5) is 20.0. The van der Waals surface area contributed by atoms with Crippen LogP contribution in [0.3, 0.4) is 0 Å². The number of carbonyl (C=O) groups excluding carboxylic acids is 1. The molecule has 1 saturated carbocycles. The lowest BCUT2D eigenvalue weighted by molar-refractivity contribution is 0.0943. The first-order valence-corrected chi connectivity index (χ1v) is 12.2. The maximum absolute atomic E-state index is 13.5. The highest BCUT2D eigenvalue weighted by Crippen LogP contribution is 2.35. The number of amides is 1. The molecule has 4 nitrogen and oxygen atoms in total. The lowest BCUT2D eigenvalue weighted by Gasteiger charge is -2.29. The fraction of sp³-hybridized carbons (Fsp3) is 0.429. The zero-order valence-electron chi connectivity index (χ0n) is 20.6. The predicted molar refractivity (Wildman–Crippen MR) is 135 cm³/mol. The number of carbonyl (C=O) groups is 1. The summed E-state index contributed by atoms with van der Waals surface area (Å²) in [5.74, 6) is 0.663. The van der Waals surface area contributed by atoms with Crippen LogP contribution in [-0.2, 0) is 0 Å². The molecule has 1 aliphatic rings. The second kappa shape index (κ2) is 13.6. The Balaban J connectivity index is 0.000000914. The monoisotopic (exact) mass is 451 g/mol. The molecular formula is C28H38FN3O. The molecule has 3 aromatic rings. The molecule has 0 bridgehead atoms. The van der Waals surface area contributed by atoms with E-state index in [2.05, 4.69) is 27.4 Å². The second-order valence-electron chi connectivity index (χ2n) is 7.95. The summed E-state index contributed by atoms with van der Waals surface area (Å²) in [7, 11) is 0. The van der Waals surface area contributed by atoms with E-state index in [0.717, 1.165) is 36.9 Å². The maximum Gasteiger partial charge on any atom is 0.253 e. The number of nitrogens with one attached hydrogen (secondary N) is 2. The topological polar surface area (TPSA) is 57.8 Å². The van der Waals surface area contributed by atoms with E-state index in [1.807, 2.05) is 46.9 Å². The highest BCUT2D eigenvalue weighted by molar-refractivity contribution is 6.00. The lowest BCUT2D eigenvalue weighted by Crippen LogP contribution is -2.31. The van der Waals surface area contributed by atoms with Crippen LogP contribution in [0.4, 0.5) is 4.39 Å². The summed E-state index contributed by atoms with van der Waals surface area (Å²) in [6.45, 7) is 10.7. The van der Waals surface area contributed by atoms with E-state index in [1.165, 1.54) is 17.7 Å². The third kappa shape index (κ3) is 7.28. The molecule has 0 unspecified atom stereocenters. The number of aromatic nitrogens is 2. The van der Waals surface area contributed by atoms with E-state index in [-0.39, 0.29) is 11.7 Å². The van der Waals surface area contributed by atoms with Crippen LogP contribution >= 0.6 is 0 Å². The van der Waals surface area contributed by atoms with Gasteiger partial charge in [0.1, 0.15) is 5.82 Å². The summed E-state index contributed by atoms with van der Waals surface area (Å²) < 4.78 is 13.5. The largest absolute Gasteiger partial charge is 0.366 e.